The van der Waals surface area contributed by atoms with Crippen molar-refractivity contribution in [1.29, 1.82) is 0 Å². The molecule has 1 aliphatic carbocycles. The number of anilines is 2. The number of nitrogens with zero attached hydrogens (tertiary/aromatic N) is 3. The van der Waals surface area contributed by atoms with Crippen LogP contribution in [-0.4, -0.2) is 29.6 Å². The number of benzene rings is 1. The van der Waals surface area contributed by atoms with Gasteiger partial charge in [-0.05, 0) is 42.7 Å². The Bertz CT molecular complexity index is 827. The second-order valence-electron chi connectivity index (χ2n) is 7.91. The number of halogens is 2. The highest BCUT2D eigenvalue weighted by Gasteiger charge is 2.46. The SMILES string of the molecule is CC1(CN)C[C@H]2CN(c3cnc(-c4cccc(Cl)c4Cl)c(N)n3)C[C@H]2C1. The number of hydrogen-bond donors (Lipinski definition) is 2. The molecule has 1 unspecified atom stereocenters. The molecule has 7 heteroatoms. The molecule has 2 aromatic rings. The third-order valence-corrected chi connectivity index (χ3v) is 6.72. The van der Waals surface area contributed by atoms with Crippen LogP contribution in [0.1, 0.15) is 19.8 Å². The predicted octanol–water partition coefficient (Wildman–Crippen LogP) is 3.84. The van der Waals surface area contributed by atoms with Gasteiger partial charge in [0, 0.05) is 18.7 Å². The van der Waals surface area contributed by atoms with Crippen LogP contribution in [0.4, 0.5) is 11.6 Å². The highest BCUT2D eigenvalue weighted by atomic mass is 35.5. The van der Waals surface area contributed by atoms with E-state index in [1.54, 1.807) is 12.3 Å². The van der Waals surface area contributed by atoms with Crippen LogP contribution in [0, 0.1) is 17.3 Å². The first-order chi connectivity index (χ1) is 12.4. The fraction of sp³-hybridized carbons (Fsp3) is 0.474. The Kier molecular flexibility index (Phi) is 4.49. The van der Waals surface area contributed by atoms with Gasteiger partial charge in [-0.25, -0.2) is 9.97 Å². The lowest BCUT2D eigenvalue weighted by molar-refractivity contribution is 0.324. The maximum absolute atomic E-state index is 6.30. The molecule has 0 amide bonds. The van der Waals surface area contributed by atoms with Gasteiger partial charge in [-0.3, -0.25) is 0 Å². The van der Waals surface area contributed by atoms with Crippen molar-refractivity contribution in [3.63, 3.8) is 0 Å². The molecule has 1 saturated carbocycles. The van der Waals surface area contributed by atoms with Gasteiger partial charge in [0.2, 0.25) is 0 Å². The van der Waals surface area contributed by atoms with E-state index in [4.69, 9.17) is 34.7 Å². The summed E-state index contributed by atoms with van der Waals surface area (Å²) in [6.07, 6.45) is 4.15. The van der Waals surface area contributed by atoms with Crippen LogP contribution in [-0.2, 0) is 0 Å². The summed E-state index contributed by atoms with van der Waals surface area (Å²) in [6, 6.07) is 5.42. The van der Waals surface area contributed by atoms with E-state index < -0.39 is 0 Å². The minimum atomic E-state index is 0.291. The van der Waals surface area contributed by atoms with E-state index in [2.05, 4.69) is 21.8 Å². The van der Waals surface area contributed by atoms with Crippen LogP contribution in [0.25, 0.3) is 11.3 Å². The summed E-state index contributed by atoms with van der Waals surface area (Å²) in [5, 5.41) is 0.921. The molecule has 4 N–H and O–H groups in total. The first-order valence-electron chi connectivity index (χ1n) is 8.92. The van der Waals surface area contributed by atoms with E-state index >= 15 is 0 Å². The van der Waals surface area contributed by atoms with Crippen LogP contribution < -0.4 is 16.4 Å². The third-order valence-electron chi connectivity index (χ3n) is 5.90. The van der Waals surface area contributed by atoms with Crippen molar-refractivity contribution >= 4 is 34.8 Å². The van der Waals surface area contributed by atoms with Gasteiger partial charge in [-0.2, -0.15) is 0 Å². The summed E-state index contributed by atoms with van der Waals surface area (Å²) < 4.78 is 0. The number of nitrogen functional groups attached to an aromatic ring is 1. The van der Waals surface area contributed by atoms with Gasteiger partial charge in [0.25, 0.3) is 0 Å². The lowest BCUT2D eigenvalue weighted by Crippen LogP contribution is -2.29. The van der Waals surface area contributed by atoms with Crippen molar-refractivity contribution in [2.24, 2.45) is 23.0 Å². The van der Waals surface area contributed by atoms with Crippen molar-refractivity contribution in [1.82, 2.24) is 9.97 Å². The zero-order chi connectivity index (χ0) is 18.5. The Morgan fingerprint density at radius 2 is 1.92 bits per heavy atom. The molecule has 1 aromatic heterocycles. The Morgan fingerprint density at radius 1 is 1.23 bits per heavy atom. The molecular weight excluding hydrogens is 369 g/mol. The highest BCUT2D eigenvalue weighted by molar-refractivity contribution is 6.43. The molecule has 0 radical (unpaired) electrons. The second-order valence-corrected chi connectivity index (χ2v) is 8.70. The monoisotopic (exact) mass is 391 g/mol. The molecule has 2 fully saturated rings. The molecule has 1 aromatic carbocycles. The molecule has 2 aliphatic rings. The summed E-state index contributed by atoms with van der Waals surface area (Å²) in [6.45, 7) is 5.05. The van der Waals surface area contributed by atoms with Crippen molar-refractivity contribution in [2.45, 2.75) is 19.8 Å². The first-order valence-corrected chi connectivity index (χ1v) is 9.68. The summed E-state index contributed by atoms with van der Waals surface area (Å²) in [7, 11) is 0. The third kappa shape index (κ3) is 3.02. The van der Waals surface area contributed by atoms with Gasteiger partial charge in [-0.15, -0.1) is 0 Å². The molecule has 0 bridgehead atoms. The molecule has 3 atom stereocenters. The molecule has 26 heavy (non-hydrogen) atoms. The van der Waals surface area contributed by atoms with Crippen LogP contribution >= 0.6 is 23.2 Å². The molecule has 1 saturated heterocycles. The number of hydrogen-bond acceptors (Lipinski definition) is 5. The maximum Gasteiger partial charge on any atom is 0.152 e. The van der Waals surface area contributed by atoms with Crippen molar-refractivity contribution in [3.8, 4) is 11.3 Å². The number of aromatic nitrogens is 2. The van der Waals surface area contributed by atoms with Crippen LogP contribution in [0.3, 0.4) is 0 Å². The predicted molar refractivity (Wildman–Crippen MR) is 107 cm³/mol. The van der Waals surface area contributed by atoms with E-state index in [0.717, 1.165) is 25.5 Å². The summed E-state index contributed by atoms with van der Waals surface area (Å²) in [5.41, 5.74) is 13.7. The second kappa shape index (κ2) is 6.55. The van der Waals surface area contributed by atoms with Crippen LogP contribution in [0.5, 0.6) is 0 Å². The lowest BCUT2D eigenvalue weighted by Gasteiger charge is -2.26. The topological polar surface area (TPSA) is 81.1 Å². The molecule has 4 rings (SSSR count). The quantitative estimate of drug-likeness (QED) is 0.830. The first kappa shape index (κ1) is 17.8. The molecule has 0 spiro atoms. The highest BCUT2D eigenvalue weighted by Crippen LogP contribution is 2.49. The summed E-state index contributed by atoms with van der Waals surface area (Å²) >= 11 is 12.4. The molecular formula is C19H23Cl2N5. The molecule has 138 valence electrons. The van der Waals surface area contributed by atoms with Crippen molar-refractivity contribution in [3.05, 3.63) is 34.4 Å². The Hall–Kier alpha value is -1.56. The van der Waals surface area contributed by atoms with Gasteiger partial charge in [0.05, 0.1) is 16.2 Å². The van der Waals surface area contributed by atoms with E-state index in [1.165, 1.54) is 12.8 Å². The number of fused-ring (bicyclic) bond motifs is 1. The van der Waals surface area contributed by atoms with Gasteiger partial charge >= 0.3 is 0 Å². The van der Waals surface area contributed by atoms with Gasteiger partial charge in [0.1, 0.15) is 11.5 Å². The van der Waals surface area contributed by atoms with Crippen molar-refractivity contribution in [2.75, 3.05) is 30.3 Å². The van der Waals surface area contributed by atoms with Gasteiger partial charge in [0.15, 0.2) is 5.82 Å². The average Bonchev–Trinajstić information content (AvgIpc) is 3.13. The van der Waals surface area contributed by atoms with E-state index in [1.807, 2.05) is 12.1 Å². The van der Waals surface area contributed by atoms with E-state index in [-0.39, 0.29) is 0 Å². The maximum atomic E-state index is 6.30. The molecule has 2 heterocycles. The fourth-order valence-corrected chi connectivity index (χ4v) is 4.93. The largest absolute Gasteiger partial charge is 0.382 e. The normalized spacial score (nSPS) is 27.8. The smallest absolute Gasteiger partial charge is 0.152 e. The van der Waals surface area contributed by atoms with Gasteiger partial charge in [-0.1, -0.05) is 42.3 Å². The van der Waals surface area contributed by atoms with E-state index in [9.17, 15) is 0 Å². The minimum absolute atomic E-state index is 0.291. The van der Waals surface area contributed by atoms with Crippen LogP contribution in [0.2, 0.25) is 10.0 Å². The molecule has 5 nitrogen and oxygen atoms in total. The number of rotatable bonds is 3. The van der Waals surface area contributed by atoms with E-state index in [0.29, 0.717) is 44.4 Å². The molecule has 1 aliphatic heterocycles. The number of nitrogens with two attached hydrogens (primary N) is 2. The van der Waals surface area contributed by atoms with Gasteiger partial charge < -0.3 is 16.4 Å². The Morgan fingerprint density at radius 3 is 2.54 bits per heavy atom. The summed E-state index contributed by atoms with van der Waals surface area (Å²) in [4.78, 5) is 11.4. The lowest BCUT2D eigenvalue weighted by atomic mass is 9.87. The standard InChI is InChI=1S/C19H23Cl2N5/c1-19(10-22)5-11-8-26(9-12(11)6-19)15-7-24-17(18(23)25-15)13-3-2-4-14(20)16(13)21/h2-4,7,11-12H,5-6,8-10,22H2,1H3,(H2,23,25)/t11-,12+,19?. The fourth-order valence-electron chi connectivity index (χ4n) is 4.54. The Labute approximate surface area is 163 Å². The zero-order valence-electron chi connectivity index (χ0n) is 14.8. The Balaban J connectivity index is 1.56. The van der Waals surface area contributed by atoms with Crippen LogP contribution in [0.15, 0.2) is 24.4 Å². The average molecular weight is 392 g/mol. The zero-order valence-corrected chi connectivity index (χ0v) is 16.3. The summed E-state index contributed by atoms with van der Waals surface area (Å²) in [5.74, 6) is 2.55. The van der Waals surface area contributed by atoms with Crippen molar-refractivity contribution < 1.29 is 0 Å². The minimum Gasteiger partial charge on any atom is -0.382 e.